The number of esters is 3. The van der Waals surface area contributed by atoms with Crippen LogP contribution in [0.5, 0.6) is 0 Å². The largest absolute Gasteiger partial charge is 0.462 e. The number of allylic oxidation sites excluding steroid dienone is 16. The lowest BCUT2D eigenvalue weighted by Gasteiger charge is -2.18. The van der Waals surface area contributed by atoms with Crippen LogP contribution in [0, 0.1) is 0 Å². The molecule has 0 N–H and O–H groups in total. The maximum absolute atomic E-state index is 12.7. The second-order valence-electron chi connectivity index (χ2n) is 15.4. The summed E-state index contributed by atoms with van der Waals surface area (Å²) in [4.78, 5) is 37.8. The lowest BCUT2D eigenvalue weighted by atomic mass is 10.1. The summed E-state index contributed by atoms with van der Waals surface area (Å²) in [5.74, 6) is -1.04. The normalized spacial score (nSPS) is 12.9. The highest BCUT2D eigenvalue weighted by Gasteiger charge is 2.19. The third-order valence-electron chi connectivity index (χ3n) is 9.75. The third-order valence-corrected chi connectivity index (χ3v) is 9.75. The fourth-order valence-corrected chi connectivity index (χ4v) is 6.17. The van der Waals surface area contributed by atoms with E-state index in [0.717, 1.165) is 64.2 Å². The van der Waals surface area contributed by atoms with E-state index < -0.39 is 12.1 Å². The summed E-state index contributed by atoms with van der Waals surface area (Å²) in [7, 11) is 0. The van der Waals surface area contributed by atoms with E-state index >= 15 is 0 Å². The summed E-state index contributed by atoms with van der Waals surface area (Å²) in [5, 5.41) is 0. The summed E-state index contributed by atoms with van der Waals surface area (Å²) >= 11 is 0. The van der Waals surface area contributed by atoms with Crippen LogP contribution in [0.1, 0.15) is 201 Å². The monoisotopic (exact) mass is 819 g/mol. The zero-order valence-corrected chi connectivity index (χ0v) is 38.0. The van der Waals surface area contributed by atoms with Gasteiger partial charge in [0.2, 0.25) is 0 Å². The number of hydrogen-bond acceptors (Lipinski definition) is 6. The minimum Gasteiger partial charge on any atom is -0.462 e. The minimum absolute atomic E-state index is 0.114. The number of ether oxygens (including phenoxy) is 3. The Hall–Kier alpha value is -3.67. The van der Waals surface area contributed by atoms with Crippen LogP contribution in [0.25, 0.3) is 0 Å². The predicted octanol–water partition coefficient (Wildman–Crippen LogP) is 15.4. The van der Waals surface area contributed by atoms with Crippen molar-refractivity contribution in [3.63, 3.8) is 0 Å². The highest BCUT2D eigenvalue weighted by Crippen LogP contribution is 2.13. The Morgan fingerprint density at radius 2 is 0.763 bits per heavy atom. The molecule has 0 aromatic carbocycles. The van der Waals surface area contributed by atoms with Gasteiger partial charge < -0.3 is 14.2 Å². The minimum atomic E-state index is -0.824. The maximum Gasteiger partial charge on any atom is 0.306 e. The van der Waals surface area contributed by atoms with E-state index in [-0.39, 0.29) is 31.6 Å². The highest BCUT2D eigenvalue weighted by atomic mass is 16.6. The van der Waals surface area contributed by atoms with E-state index in [1.807, 2.05) is 66.8 Å². The van der Waals surface area contributed by atoms with Crippen molar-refractivity contribution in [3.8, 4) is 0 Å². The molecule has 0 rings (SSSR count). The van der Waals surface area contributed by atoms with Gasteiger partial charge in [-0.25, -0.2) is 0 Å². The number of hydrogen-bond donors (Lipinski definition) is 0. The first-order chi connectivity index (χ1) is 29.0. The quantitative estimate of drug-likeness (QED) is 0.0201. The Balaban J connectivity index is 4.55. The van der Waals surface area contributed by atoms with Crippen molar-refractivity contribution in [2.24, 2.45) is 0 Å². The van der Waals surface area contributed by atoms with E-state index in [9.17, 15) is 14.4 Å². The zero-order valence-electron chi connectivity index (χ0n) is 38.0. The molecule has 1 unspecified atom stereocenters. The topological polar surface area (TPSA) is 78.9 Å². The molecule has 334 valence electrons. The maximum atomic E-state index is 12.7. The average Bonchev–Trinajstić information content (AvgIpc) is 3.23. The van der Waals surface area contributed by atoms with Gasteiger partial charge in [-0.05, 0) is 57.8 Å². The van der Waals surface area contributed by atoms with Crippen molar-refractivity contribution in [3.05, 3.63) is 97.2 Å². The molecule has 0 fully saturated rings. The molecule has 0 saturated carbocycles. The summed E-state index contributed by atoms with van der Waals surface area (Å²) in [6, 6.07) is 0. The Kier molecular flexibility index (Phi) is 44.1. The molecule has 0 aromatic heterocycles. The molecule has 0 aromatic rings. The van der Waals surface area contributed by atoms with Crippen LogP contribution in [-0.2, 0) is 28.6 Å². The van der Waals surface area contributed by atoms with Crippen LogP contribution in [0.4, 0.5) is 0 Å². The Morgan fingerprint density at radius 1 is 0.373 bits per heavy atom. The molecule has 0 amide bonds. The second kappa shape index (κ2) is 47.0. The first kappa shape index (κ1) is 55.3. The van der Waals surface area contributed by atoms with E-state index in [1.165, 1.54) is 89.9 Å². The molecular weight excluding hydrogens is 733 g/mol. The van der Waals surface area contributed by atoms with E-state index in [2.05, 4.69) is 51.2 Å². The Labute approximate surface area is 362 Å². The molecule has 6 heteroatoms. The molecule has 0 aliphatic rings. The van der Waals surface area contributed by atoms with Gasteiger partial charge in [-0.1, -0.05) is 221 Å². The van der Waals surface area contributed by atoms with E-state index in [1.54, 1.807) is 0 Å². The fraction of sp³-hybridized carbons (Fsp3) is 0.642. The summed E-state index contributed by atoms with van der Waals surface area (Å²) < 4.78 is 16.6. The number of carbonyl (C=O) groups is 3. The molecule has 6 nitrogen and oxygen atoms in total. The molecule has 0 bridgehead atoms. The van der Waals surface area contributed by atoms with Crippen molar-refractivity contribution >= 4 is 17.9 Å². The van der Waals surface area contributed by atoms with Crippen LogP contribution >= 0.6 is 0 Å². The lowest BCUT2D eigenvalue weighted by Crippen LogP contribution is -2.30. The fourth-order valence-electron chi connectivity index (χ4n) is 6.17. The van der Waals surface area contributed by atoms with E-state index in [0.29, 0.717) is 19.3 Å². The zero-order chi connectivity index (χ0) is 43.0. The standard InChI is InChI=1S/C53H86O6/c1-4-7-10-13-16-19-22-24-25-26-27-29-31-34-37-40-43-46-52(55)58-49-50(48-57-51(54)45-42-39-36-33-30-21-18-15-12-9-6-3)59-53(56)47-44-41-38-35-32-28-23-20-17-14-11-8-5-2/h7,10,13,16,19,22,24-29,31-32,38,41,50H,4-6,8-9,11-12,14-15,17-18,20-21,23,30,33-37,39-40,42-49H2,1-3H3/b10-7-,16-13-,22-19-,25-24-,27-26+,31-29-,32-28-,41-38-. The SMILES string of the molecule is CC\C=C/C=C\C=C/C=C\C=C\C=C/CCCCCC(=O)OCC(COC(=O)CCCCCCCCCCCCC)OC(=O)CC/C=C\C/C=C\CCCCCCCC. The average molecular weight is 819 g/mol. The molecule has 0 aliphatic heterocycles. The molecule has 1 atom stereocenters. The van der Waals surface area contributed by atoms with Crippen LogP contribution in [0.2, 0.25) is 0 Å². The van der Waals surface area contributed by atoms with Gasteiger partial charge in [0.25, 0.3) is 0 Å². The number of unbranched alkanes of at least 4 members (excludes halogenated alkanes) is 19. The third kappa shape index (κ3) is 45.3. The molecular formula is C53H86O6. The Bertz CT molecular complexity index is 1220. The van der Waals surface area contributed by atoms with Crippen molar-refractivity contribution in [1.82, 2.24) is 0 Å². The van der Waals surface area contributed by atoms with Gasteiger partial charge in [-0.3, -0.25) is 14.4 Å². The van der Waals surface area contributed by atoms with Crippen LogP contribution in [-0.4, -0.2) is 37.2 Å². The predicted molar refractivity (Wildman–Crippen MR) is 251 cm³/mol. The number of rotatable bonds is 41. The molecule has 0 aliphatic carbocycles. The van der Waals surface area contributed by atoms with Gasteiger partial charge in [0, 0.05) is 19.3 Å². The van der Waals surface area contributed by atoms with Crippen LogP contribution < -0.4 is 0 Å². The van der Waals surface area contributed by atoms with E-state index in [4.69, 9.17) is 14.2 Å². The smallest absolute Gasteiger partial charge is 0.306 e. The van der Waals surface area contributed by atoms with Crippen LogP contribution in [0.15, 0.2) is 97.2 Å². The van der Waals surface area contributed by atoms with Gasteiger partial charge in [0.15, 0.2) is 6.10 Å². The molecule has 0 spiro atoms. The second-order valence-corrected chi connectivity index (χ2v) is 15.4. The van der Waals surface area contributed by atoms with Gasteiger partial charge in [0.05, 0.1) is 0 Å². The summed E-state index contributed by atoms with van der Waals surface area (Å²) in [6.45, 7) is 6.37. The molecule has 59 heavy (non-hydrogen) atoms. The number of carbonyl (C=O) groups excluding carboxylic acids is 3. The van der Waals surface area contributed by atoms with Crippen molar-refractivity contribution in [1.29, 1.82) is 0 Å². The van der Waals surface area contributed by atoms with Crippen LogP contribution in [0.3, 0.4) is 0 Å². The van der Waals surface area contributed by atoms with Gasteiger partial charge in [0.1, 0.15) is 13.2 Å². The molecule has 0 heterocycles. The van der Waals surface area contributed by atoms with Gasteiger partial charge >= 0.3 is 17.9 Å². The molecule has 0 saturated heterocycles. The van der Waals surface area contributed by atoms with Crippen molar-refractivity contribution in [2.75, 3.05) is 13.2 Å². The summed E-state index contributed by atoms with van der Waals surface area (Å²) in [6.07, 6.45) is 61.1. The highest BCUT2D eigenvalue weighted by molar-refractivity contribution is 5.71. The lowest BCUT2D eigenvalue weighted by molar-refractivity contribution is -0.166. The summed E-state index contributed by atoms with van der Waals surface area (Å²) in [5.41, 5.74) is 0. The Morgan fingerprint density at radius 3 is 1.25 bits per heavy atom. The first-order valence-corrected chi connectivity index (χ1v) is 23.8. The molecule has 0 radical (unpaired) electrons. The van der Waals surface area contributed by atoms with Crippen molar-refractivity contribution < 1.29 is 28.6 Å². The van der Waals surface area contributed by atoms with Crippen molar-refractivity contribution in [2.45, 2.75) is 207 Å². The van der Waals surface area contributed by atoms with Gasteiger partial charge in [-0.15, -0.1) is 0 Å². The van der Waals surface area contributed by atoms with Gasteiger partial charge in [-0.2, -0.15) is 0 Å². The first-order valence-electron chi connectivity index (χ1n) is 23.8.